The van der Waals surface area contributed by atoms with Crippen LogP contribution < -0.4 is 10.2 Å². The van der Waals surface area contributed by atoms with Crippen molar-refractivity contribution >= 4 is 16.7 Å². The van der Waals surface area contributed by atoms with Gasteiger partial charge >= 0.3 is 0 Å². The van der Waals surface area contributed by atoms with Crippen molar-refractivity contribution in [3.05, 3.63) is 42.6 Å². The molecule has 1 saturated heterocycles. The number of hydrogen-bond acceptors (Lipinski definition) is 6. The summed E-state index contributed by atoms with van der Waals surface area (Å²) in [6.45, 7) is 9.00. The summed E-state index contributed by atoms with van der Waals surface area (Å²) in [5.41, 5.74) is 2.21. The van der Waals surface area contributed by atoms with Gasteiger partial charge in [0.1, 0.15) is 5.75 Å². The number of hydrogen-bond donors (Lipinski definition) is 2. The molecular weight excluding hydrogens is 362 g/mol. The Morgan fingerprint density at radius 3 is 2.41 bits per heavy atom. The van der Waals surface area contributed by atoms with Gasteiger partial charge < -0.3 is 15.3 Å². The first-order chi connectivity index (χ1) is 13.6. The zero-order valence-corrected chi connectivity index (χ0v) is 17.8. The van der Waals surface area contributed by atoms with Gasteiger partial charge in [0.25, 0.3) is 0 Å². The van der Waals surface area contributed by atoms with Crippen LogP contribution in [0.3, 0.4) is 0 Å². The van der Waals surface area contributed by atoms with Crippen LogP contribution in [-0.4, -0.2) is 44.5 Å². The first-order valence-corrected chi connectivity index (χ1v) is 10.1. The third kappa shape index (κ3) is 4.03. The van der Waals surface area contributed by atoms with Crippen molar-refractivity contribution in [2.45, 2.75) is 57.7 Å². The molecule has 0 unspecified atom stereocenters. The minimum atomic E-state index is 0.0684. The standard InChI is InChI=1S/C23H29N5O/c1-22(2)13-16(14-23(3,4)27-22)28(5)21-9-8-18(25-26-21)17-11-15-7-6-10-24-19(15)12-20(17)29/h6-12,16,27,29H,13-14H2,1-5H3. The monoisotopic (exact) mass is 391 g/mol. The SMILES string of the molecule is CN(c1ccc(-c2cc3cccnc3cc2O)nn1)C1CC(C)(C)NC(C)(C)C1. The Hall–Kier alpha value is -2.73. The Balaban J connectivity index is 1.60. The Morgan fingerprint density at radius 1 is 1.03 bits per heavy atom. The maximum atomic E-state index is 10.4. The lowest BCUT2D eigenvalue weighted by Crippen LogP contribution is -2.62. The number of piperidine rings is 1. The molecule has 0 saturated carbocycles. The van der Waals surface area contributed by atoms with Gasteiger partial charge in [0, 0.05) is 47.4 Å². The van der Waals surface area contributed by atoms with E-state index in [1.807, 2.05) is 30.3 Å². The van der Waals surface area contributed by atoms with E-state index in [-0.39, 0.29) is 16.8 Å². The summed E-state index contributed by atoms with van der Waals surface area (Å²) in [6, 6.07) is 11.7. The number of rotatable bonds is 3. The normalized spacial score (nSPS) is 18.7. The lowest BCUT2D eigenvalue weighted by molar-refractivity contribution is 0.160. The predicted molar refractivity (Wildman–Crippen MR) is 117 cm³/mol. The van der Waals surface area contributed by atoms with Crippen LogP contribution in [0.25, 0.3) is 22.2 Å². The lowest BCUT2D eigenvalue weighted by Gasteiger charge is -2.49. The molecule has 0 bridgehead atoms. The summed E-state index contributed by atoms with van der Waals surface area (Å²) >= 11 is 0. The molecule has 0 radical (unpaired) electrons. The number of aromatic nitrogens is 3. The quantitative estimate of drug-likeness (QED) is 0.699. The Kier molecular flexibility index (Phi) is 4.69. The van der Waals surface area contributed by atoms with Crippen molar-refractivity contribution in [2.24, 2.45) is 0 Å². The van der Waals surface area contributed by atoms with Crippen LogP contribution in [0, 0.1) is 0 Å². The highest BCUT2D eigenvalue weighted by molar-refractivity contribution is 5.87. The third-order valence-electron chi connectivity index (χ3n) is 5.72. The average Bonchev–Trinajstić information content (AvgIpc) is 2.64. The van der Waals surface area contributed by atoms with E-state index in [1.54, 1.807) is 12.3 Å². The van der Waals surface area contributed by atoms with Gasteiger partial charge in [0.15, 0.2) is 5.82 Å². The molecule has 3 aromatic rings. The Morgan fingerprint density at radius 2 is 1.76 bits per heavy atom. The number of benzene rings is 1. The van der Waals surface area contributed by atoms with Crippen molar-refractivity contribution < 1.29 is 5.11 Å². The smallest absolute Gasteiger partial charge is 0.151 e. The van der Waals surface area contributed by atoms with Gasteiger partial charge in [0.2, 0.25) is 0 Å². The van der Waals surface area contributed by atoms with Crippen molar-refractivity contribution in [3.8, 4) is 17.0 Å². The maximum absolute atomic E-state index is 10.4. The number of nitrogens with zero attached hydrogens (tertiary/aromatic N) is 4. The summed E-state index contributed by atoms with van der Waals surface area (Å²) in [5.74, 6) is 1.00. The Bertz CT molecular complexity index is 1010. The highest BCUT2D eigenvalue weighted by Crippen LogP contribution is 2.34. The number of phenolic OH excluding ortho intramolecular Hbond substituents is 1. The van der Waals surface area contributed by atoms with E-state index >= 15 is 0 Å². The topological polar surface area (TPSA) is 74.2 Å². The van der Waals surface area contributed by atoms with Gasteiger partial charge in [-0.15, -0.1) is 10.2 Å². The summed E-state index contributed by atoms with van der Waals surface area (Å²) in [6.07, 6.45) is 3.79. The van der Waals surface area contributed by atoms with Crippen molar-refractivity contribution in [3.63, 3.8) is 0 Å². The molecular formula is C23H29N5O. The van der Waals surface area contributed by atoms with Gasteiger partial charge in [-0.25, -0.2) is 0 Å². The molecule has 6 heteroatoms. The molecule has 1 aliphatic rings. The summed E-state index contributed by atoms with van der Waals surface area (Å²) in [5, 5.41) is 24.0. The molecule has 2 N–H and O–H groups in total. The van der Waals surface area contributed by atoms with Gasteiger partial charge in [-0.2, -0.15) is 0 Å². The van der Waals surface area contributed by atoms with Crippen LogP contribution in [0.5, 0.6) is 5.75 Å². The second-order valence-corrected chi connectivity index (χ2v) is 9.41. The van der Waals surface area contributed by atoms with Crippen LogP contribution in [0.2, 0.25) is 0 Å². The number of pyridine rings is 1. The molecule has 1 aliphatic heterocycles. The third-order valence-corrected chi connectivity index (χ3v) is 5.72. The second kappa shape index (κ2) is 6.95. The van der Waals surface area contributed by atoms with Crippen molar-refractivity contribution in [2.75, 3.05) is 11.9 Å². The van der Waals surface area contributed by atoms with Crippen LogP contribution in [0.15, 0.2) is 42.6 Å². The van der Waals surface area contributed by atoms with E-state index in [0.717, 1.165) is 29.6 Å². The fourth-order valence-electron chi connectivity index (χ4n) is 4.70. The summed E-state index contributed by atoms with van der Waals surface area (Å²) in [7, 11) is 2.09. The molecule has 0 atom stereocenters. The molecule has 1 fully saturated rings. The average molecular weight is 392 g/mol. The molecule has 3 heterocycles. The van der Waals surface area contributed by atoms with E-state index in [9.17, 15) is 5.11 Å². The van der Waals surface area contributed by atoms with E-state index < -0.39 is 0 Å². The number of nitrogens with one attached hydrogen (secondary N) is 1. The highest BCUT2D eigenvalue weighted by atomic mass is 16.3. The van der Waals surface area contributed by atoms with Gasteiger partial charge in [-0.1, -0.05) is 6.07 Å². The zero-order chi connectivity index (χ0) is 20.8. The molecule has 4 rings (SSSR count). The maximum Gasteiger partial charge on any atom is 0.151 e. The number of fused-ring (bicyclic) bond motifs is 1. The van der Waals surface area contributed by atoms with Crippen molar-refractivity contribution in [1.29, 1.82) is 0 Å². The van der Waals surface area contributed by atoms with Crippen LogP contribution in [-0.2, 0) is 0 Å². The number of aromatic hydroxyl groups is 1. The van der Waals surface area contributed by atoms with E-state index in [2.05, 4.69) is 60.1 Å². The highest BCUT2D eigenvalue weighted by Gasteiger charge is 2.39. The Labute approximate surface area is 172 Å². The number of anilines is 1. The molecule has 152 valence electrons. The van der Waals surface area contributed by atoms with Crippen molar-refractivity contribution in [1.82, 2.24) is 20.5 Å². The predicted octanol–water partition coefficient (Wildman–Crippen LogP) is 4.14. The first-order valence-electron chi connectivity index (χ1n) is 10.1. The zero-order valence-electron chi connectivity index (χ0n) is 17.8. The van der Waals surface area contributed by atoms with Gasteiger partial charge in [-0.3, -0.25) is 4.98 Å². The fourth-order valence-corrected chi connectivity index (χ4v) is 4.70. The first kappa shape index (κ1) is 19.6. The minimum absolute atomic E-state index is 0.0684. The van der Waals surface area contributed by atoms with Crippen LogP contribution in [0.4, 0.5) is 5.82 Å². The van der Waals surface area contributed by atoms with Crippen LogP contribution >= 0.6 is 0 Å². The summed E-state index contributed by atoms with van der Waals surface area (Å²) < 4.78 is 0. The van der Waals surface area contributed by atoms with E-state index in [0.29, 0.717) is 17.3 Å². The van der Waals surface area contributed by atoms with E-state index in [1.165, 1.54) is 0 Å². The van der Waals surface area contributed by atoms with Crippen LogP contribution in [0.1, 0.15) is 40.5 Å². The van der Waals surface area contributed by atoms with Gasteiger partial charge in [-0.05, 0) is 64.8 Å². The molecule has 29 heavy (non-hydrogen) atoms. The molecule has 0 spiro atoms. The lowest BCUT2D eigenvalue weighted by atomic mass is 9.79. The molecule has 0 aliphatic carbocycles. The second-order valence-electron chi connectivity index (χ2n) is 9.41. The number of phenols is 1. The summed E-state index contributed by atoms with van der Waals surface area (Å²) in [4.78, 5) is 6.51. The largest absolute Gasteiger partial charge is 0.507 e. The molecule has 6 nitrogen and oxygen atoms in total. The molecule has 1 aromatic carbocycles. The van der Waals surface area contributed by atoms with E-state index in [4.69, 9.17) is 0 Å². The molecule has 0 amide bonds. The minimum Gasteiger partial charge on any atom is -0.507 e. The fraction of sp³-hybridized carbons (Fsp3) is 0.435. The van der Waals surface area contributed by atoms with Gasteiger partial charge in [0.05, 0.1) is 11.2 Å². The molecule has 2 aromatic heterocycles.